The van der Waals surface area contributed by atoms with Gasteiger partial charge in [-0.15, -0.1) is 0 Å². The number of likely N-dealkylation sites (tertiary alicyclic amines) is 1. The number of nitrogens with one attached hydrogen (secondary N) is 2. The van der Waals surface area contributed by atoms with E-state index >= 15 is 0 Å². The van der Waals surface area contributed by atoms with E-state index in [1.807, 2.05) is 30.3 Å². The summed E-state index contributed by atoms with van der Waals surface area (Å²) in [5.41, 5.74) is 1.14. The van der Waals surface area contributed by atoms with Crippen LogP contribution in [0.1, 0.15) is 31.2 Å². The SMILES string of the molecule is O=C(CC[C@@H]1CCCN(C(=O)Nc2ccccc2)C1)NCc1cc(F)cc(F)c1. The Hall–Kier alpha value is -2.96. The number of hydrogen-bond acceptors (Lipinski definition) is 2. The minimum absolute atomic E-state index is 0.0871. The number of piperidine rings is 1. The number of carbonyl (C=O) groups is 2. The first-order valence-electron chi connectivity index (χ1n) is 9.82. The third kappa shape index (κ3) is 6.55. The van der Waals surface area contributed by atoms with Crippen LogP contribution < -0.4 is 10.6 Å². The van der Waals surface area contributed by atoms with Crippen LogP contribution >= 0.6 is 0 Å². The van der Waals surface area contributed by atoms with Crippen molar-refractivity contribution in [3.8, 4) is 0 Å². The molecule has 2 aromatic rings. The molecule has 0 saturated carbocycles. The number of benzene rings is 2. The van der Waals surface area contributed by atoms with Gasteiger partial charge in [0.15, 0.2) is 0 Å². The van der Waals surface area contributed by atoms with Gasteiger partial charge in [0.05, 0.1) is 0 Å². The average molecular weight is 401 g/mol. The predicted molar refractivity (Wildman–Crippen MR) is 107 cm³/mol. The van der Waals surface area contributed by atoms with Gasteiger partial charge in [-0.25, -0.2) is 13.6 Å². The van der Waals surface area contributed by atoms with Crippen LogP contribution in [0.15, 0.2) is 48.5 Å². The first-order chi connectivity index (χ1) is 14.0. The molecule has 1 saturated heterocycles. The molecular formula is C22H25F2N3O2. The molecule has 0 aliphatic carbocycles. The van der Waals surface area contributed by atoms with Gasteiger partial charge >= 0.3 is 6.03 Å². The Morgan fingerprint density at radius 2 is 1.79 bits per heavy atom. The molecule has 29 heavy (non-hydrogen) atoms. The van der Waals surface area contributed by atoms with Crippen LogP contribution in [0.3, 0.4) is 0 Å². The maximum Gasteiger partial charge on any atom is 0.321 e. The fourth-order valence-electron chi connectivity index (χ4n) is 3.55. The zero-order chi connectivity index (χ0) is 20.6. The predicted octanol–water partition coefficient (Wildman–Crippen LogP) is 4.31. The average Bonchev–Trinajstić information content (AvgIpc) is 2.71. The number of amides is 3. The van der Waals surface area contributed by atoms with Gasteiger partial charge in [-0.05, 0) is 55.0 Å². The maximum atomic E-state index is 13.2. The van der Waals surface area contributed by atoms with Crippen LogP contribution in [-0.4, -0.2) is 29.9 Å². The maximum absolute atomic E-state index is 13.2. The van der Waals surface area contributed by atoms with Crippen molar-refractivity contribution in [3.05, 3.63) is 65.7 Å². The summed E-state index contributed by atoms with van der Waals surface area (Å²) in [5, 5.41) is 5.59. The highest BCUT2D eigenvalue weighted by atomic mass is 19.1. The van der Waals surface area contributed by atoms with Crippen LogP contribution in [0.4, 0.5) is 19.3 Å². The molecular weight excluding hydrogens is 376 g/mol. The fraction of sp³-hybridized carbons (Fsp3) is 0.364. The molecule has 1 fully saturated rings. The van der Waals surface area contributed by atoms with Crippen molar-refractivity contribution < 1.29 is 18.4 Å². The number of carbonyl (C=O) groups excluding carboxylic acids is 2. The van der Waals surface area contributed by atoms with Crippen molar-refractivity contribution in [2.45, 2.75) is 32.2 Å². The lowest BCUT2D eigenvalue weighted by Gasteiger charge is -2.32. The van der Waals surface area contributed by atoms with Gasteiger partial charge in [0.2, 0.25) is 5.91 Å². The van der Waals surface area contributed by atoms with Gasteiger partial charge in [0.25, 0.3) is 0 Å². The molecule has 154 valence electrons. The fourth-order valence-corrected chi connectivity index (χ4v) is 3.55. The van der Waals surface area contributed by atoms with Crippen molar-refractivity contribution in [1.82, 2.24) is 10.2 Å². The molecule has 2 aromatic carbocycles. The summed E-state index contributed by atoms with van der Waals surface area (Å²) in [6, 6.07) is 12.4. The summed E-state index contributed by atoms with van der Waals surface area (Å²) in [5.74, 6) is -1.24. The number of nitrogens with zero attached hydrogens (tertiary/aromatic N) is 1. The number of para-hydroxylation sites is 1. The molecule has 5 nitrogen and oxygen atoms in total. The van der Waals surface area contributed by atoms with E-state index in [1.165, 1.54) is 12.1 Å². The van der Waals surface area contributed by atoms with Crippen LogP contribution in [0, 0.1) is 17.6 Å². The Bertz CT molecular complexity index is 825. The number of hydrogen-bond donors (Lipinski definition) is 2. The van der Waals surface area contributed by atoms with E-state index < -0.39 is 11.6 Å². The highest BCUT2D eigenvalue weighted by Crippen LogP contribution is 2.22. The summed E-state index contributed by atoms with van der Waals surface area (Å²) in [6.45, 7) is 1.40. The van der Waals surface area contributed by atoms with E-state index in [9.17, 15) is 18.4 Å². The molecule has 3 amide bonds. The van der Waals surface area contributed by atoms with Crippen LogP contribution in [-0.2, 0) is 11.3 Å². The molecule has 0 bridgehead atoms. The Balaban J connectivity index is 1.41. The topological polar surface area (TPSA) is 61.4 Å². The summed E-state index contributed by atoms with van der Waals surface area (Å²) in [7, 11) is 0. The second kappa shape index (κ2) is 10.0. The number of anilines is 1. The Labute approximate surface area is 169 Å². The second-order valence-electron chi connectivity index (χ2n) is 7.34. The minimum Gasteiger partial charge on any atom is -0.352 e. The highest BCUT2D eigenvalue weighted by molar-refractivity contribution is 5.89. The number of rotatable bonds is 6. The van der Waals surface area contributed by atoms with E-state index in [-0.39, 0.29) is 24.4 Å². The van der Waals surface area contributed by atoms with Gasteiger partial charge in [0.1, 0.15) is 11.6 Å². The molecule has 2 N–H and O–H groups in total. The van der Waals surface area contributed by atoms with E-state index in [2.05, 4.69) is 10.6 Å². The molecule has 0 radical (unpaired) electrons. The summed E-state index contributed by atoms with van der Waals surface area (Å²) >= 11 is 0. The summed E-state index contributed by atoms with van der Waals surface area (Å²) in [4.78, 5) is 26.3. The zero-order valence-corrected chi connectivity index (χ0v) is 16.2. The van der Waals surface area contributed by atoms with Crippen molar-refractivity contribution >= 4 is 17.6 Å². The quantitative estimate of drug-likeness (QED) is 0.758. The van der Waals surface area contributed by atoms with E-state index in [0.717, 1.165) is 24.6 Å². The third-order valence-corrected chi connectivity index (χ3v) is 5.02. The highest BCUT2D eigenvalue weighted by Gasteiger charge is 2.24. The normalized spacial score (nSPS) is 16.3. The van der Waals surface area contributed by atoms with Crippen LogP contribution in [0.25, 0.3) is 0 Å². The largest absolute Gasteiger partial charge is 0.352 e. The van der Waals surface area contributed by atoms with E-state index in [0.29, 0.717) is 31.5 Å². The zero-order valence-electron chi connectivity index (χ0n) is 16.2. The molecule has 1 aliphatic rings. The lowest BCUT2D eigenvalue weighted by atomic mass is 9.93. The minimum atomic E-state index is -0.662. The summed E-state index contributed by atoms with van der Waals surface area (Å²) in [6.07, 6.45) is 2.85. The van der Waals surface area contributed by atoms with Crippen LogP contribution in [0.2, 0.25) is 0 Å². The molecule has 1 aliphatic heterocycles. The second-order valence-corrected chi connectivity index (χ2v) is 7.34. The lowest BCUT2D eigenvalue weighted by molar-refractivity contribution is -0.121. The Morgan fingerprint density at radius 3 is 2.52 bits per heavy atom. The number of halogens is 2. The molecule has 0 spiro atoms. The van der Waals surface area contributed by atoms with Gasteiger partial charge in [-0.2, -0.15) is 0 Å². The molecule has 1 heterocycles. The van der Waals surface area contributed by atoms with Gasteiger partial charge in [-0.3, -0.25) is 4.79 Å². The third-order valence-electron chi connectivity index (χ3n) is 5.02. The first-order valence-corrected chi connectivity index (χ1v) is 9.82. The first kappa shape index (κ1) is 20.8. The molecule has 7 heteroatoms. The van der Waals surface area contributed by atoms with Crippen molar-refractivity contribution in [2.24, 2.45) is 5.92 Å². The molecule has 0 unspecified atom stereocenters. The monoisotopic (exact) mass is 401 g/mol. The molecule has 3 rings (SSSR count). The van der Waals surface area contributed by atoms with Crippen molar-refractivity contribution in [2.75, 3.05) is 18.4 Å². The molecule has 0 aromatic heterocycles. The Morgan fingerprint density at radius 1 is 1.07 bits per heavy atom. The van der Waals surface area contributed by atoms with Crippen molar-refractivity contribution in [3.63, 3.8) is 0 Å². The van der Waals surface area contributed by atoms with E-state index in [4.69, 9.17) is 0 Å². The number of urea groups is 1. The summed E-state index contributed by atoms with van der Waals surface area (Å²) < 4.78 is 26.4. The molecule has 1 atom stereocenters. The standard InChI is InChI=1S/C22H25F2N3O2/c23-18-11-17(12-19(24)13-18)14-25-21(28)9-8-16-5-4-10-27(15-16)22(29)26-20-6-2-1-3-7-20/h1-3,6-7,11-13,16H,4-5,8-10,14-15H2,(H,25,28)(H,26,29)/t16-/m0/s1. The lowest BCUT2D eigenvalue weighted by Crippen LogP contribution is -2.42. The Kier molecular flexibility index (Phi) is 7.16. The van der Waals surface area contributed by atoms with Gasteiger partial charge in [0, 0.05) is 37.8 Å². The van der Waals surface area contributed by atoms with Gasteiger partial charge < -0.3 is 15.5 Å². The smallest absolute Gasteiger partial charge is 0.321 e. The van der Waals surface area contributed by atoms with Gasteiger partial charge in [-0.1, -0.05) is 18.2 Å². The van der Waals surface area contributed by atoms with E-state index in [1.54, 1.807) is 4.90 Å². The van der Waals surface area contributed by atoms with Crippen LogP contribution in [0.5, 0.6) is 0 Å². The van der Waals surface area contributed by atoms with Crippen molar-refractivity contribution in [1.29, 1.82) is 0 Å².